The second-order valence-corrected chi connectivity index (χ2v) is 4.97. The summed E-state index contributed by atoms with van der Waals surface area (Å²) in [6.45, 7) is 3.83. The van der Waals surface area contributed by atoms with Crippen LogP contribution in [0.4, 0.5) is 0 Å². The first-order valence-corrected chi connectivity index (χ1v) is 6.32. The summed E-state index contributed by atoms with van der Waals surface area (Å²) in [5.41, 5.74) is 1.64. The van der Waals surface area contributed by atoms with Gasteiger partial charge in [0.05, 0.1) is 0 Å². The third-order valence-corrected chi connectivity index (χ3v) is 3.15. The number of halogens is 2. The molecule has 1 amide bonds. The summed E-state index contributed by atoms with van der Waals surface area (Å²) in [5, 5.41) is 6.91. The molecule has 1 saturated heterocycles. The van der Waals surface area contributed by atoms with Crippen LogP contribution in [0.2, 0.25) is 5.02 Å². The van der Waals surface area contributed by atoms with Crippen LogP contribution in [0, 0.1) is 6.92 Å². The van der Waals surface area contributed by atoms with Crippen LogP contribution in [0.25, 0.3) is 0 Å². The van der Waals surface area contributed by atoms with Gasteiger partial charge in [-0.25, -0.2) is 0 Å². The molecule has 3 nitrogen and oxygen atoms in total. The third kappa shape index (κ3) is 4.16. The maximum Gasteiger partial charge on any atom is 0.251 e. The summed E-state index contributed by atoms with van der Waals surface area (Å²) in [5.74, 6) is -0.0377. The Morgan fingerprint density at radius 1 is 1.44 bits per heavy atom. The highest BCUT2D eigenvalue weighted by Crippen LogP contribution is 2.15. The smallest absolute Gasteiger partial charge is 0.251 e. The van der Waals surface area contributed by atoms with Crippen molar-refractivity contribution in [2.24, 2.45) is 0 Å². The number of aryl methyl sites for hydroxylation is 1. The molecule has 1 fully saturated rings. The normalized spacial score (nSPS) is 18.9. The van der Waals surface area contributed by atoms with Crippen LogP contribution in [0.1, 0.15) is 28.8 Å². The molecule has 5 heteroatoms. The SMILES string of the molecule is Cc1cc(Cl)cc(C(=O)NC2CCCNC2)c1.Cl. The Bertz CT molecular complexity index is 397. The Hall–Kier alpha value is -0.770. The molecule has 100 valence electrons. The van der Waals surface area contributed by atoms with Crippen molar-refractivity contribution in [1.82, 2.24) is 10.6 Å². The number of rotatable bonds is 2. The Morgan fingerprint density at radius 3 is 2.83 bits per heavy atom. The van der Waals surface area contributed by atoms with Gasteiger partial charge in [0.1, 0.15) is 0 Å². The molecule has 1 aromatic rings. The van der Waals surface area contributed by atoms with E-state index in [1.54, 1.807) is 6.07 Å². The van der Waals surface area contributed by atoms with E-state index < -0.39 is 0 Å². The van der Waals surface area contributed by atoms with Gasteiger partial charge in [0, 0.05) is 23.2 Å². The van der Waals surface area contributed by atoms with Gasteiger partial charge in [-0.15, -0.1) is 12.4 Å². The number of nitrogens with one attached hydrogen (secondary N) is 2. The molecule has 0 saturated carbocycles. The van der Waals surface area contributed by atoms with Crippen LogP contribution < -0.4 is 10.6 Å². The Kier molecular flexibility index (Phi) is 5.93. The maximum atomic E-state index is 12.0. The molecule has 2 N–H and O–H groups in total. The fourth-order valence-corrected chi connectivity index (χ4v) is 2.40. The molecule has 1 atom stereocenters. The molecular formula is C13H18Cl2N2O. The predicted octanol–water partition coefficient (Wildman–Crippen LogP) is 2.55. The monoisotopic (exact) mass is 288 g/mol. The summed E-state index contributed by atoms with van der Waals surface area (Å²) in [6.07, 6.45) is 2.15. The summed E-state index contributed by atoms with van der Waals surface area (Å²) in [4.78, 5) is 12.0. The summed E-state index contributed by atoms with van der Waals surface area (Å²) in [6, 6.07) is 5.65. The third-order valence-electron chi connectivity index (χ3n) is 2.94. The van der Waals surface area contributed by atoms with Crippen molar-refractivity contribution in [2.45, 2.75) is 25.8 Å². The zero-order valence-corrected chi connectivity index (χ0v) is 11.9. The Morgan fingerprint density at radius 2 is 2.22 bits per heavy atom. The van der Waals surface area contributed by atoms with Gasteiger partial charge in [-0.05, 0) is 50.1 Å². The number of hydrogen-bond acceptors (Lipinski definition) is 2. The van der Waals surface area contributed by atoms with Crippen molar-refractivity contribution in [3.63, 3.8) is 0 Å². The lowest BCUT2D eigenvalue weighted by molar-refractivity contribution is 0.0930. The molecule has 1 heterocycles. The van der Waals surface area contributed by atoms with Gasteiger partial charge in [-0.1, -0.05) is 11.6 Å². The Labute approximate surface area is 119 Å². The molecule has 2 rings (SSSR count). The highest BCUT2D eigenvalue weighted by atomic mass is 35.5. The molecular weight excluding hydrogens is 271 g/mol. The van der Waals surface area contributed by atoms with Crippen LogP contribution >= 0.6 is 24.0 Å². The van der Waals surface area contributed by atoms with Crippen molar-refractivity contribution in [2.75, 3.05) is 13.1 Å². The highest BCUT2D eigenvalue weighted by Gasteiger charge is 2.16. The number of hydrogen-bond donors (Lipinski definition) is 2. The quantitative estimate of drug-likeness (QED) is 0.878. The van der Waals surface area contributed by atoms with Crippen molar-refractivity contribution >= 4 is 29.9 Å². The van der Waals surface area contributed by atoms with Crippen molar-refractivity contribution in [3.05, 3.63) is 34.3 Å². The van der Waals surface area contributed by atoms with E-state index in [0.29, 0.717) is 10.6 Å². The number of piperidine rings is 1. The van der Waals surface area contributed by atoms with Gasteiger partial charge in [0.2, 0.25) is 0 Å². The summed E-state index contributed by atoms with van der Waals surface area (Å²) in [7, 11) is 0. The summed E-state index contributed by atoms with van der Waals surface area (Å²) >= 11 is 5.94. The predicted molar refractivity (Wildman–Crippen MR) is 76.8 cm³/mol. The van der Waals surface area contributed by atoms with E-state index in [2.05, 4.69) is 10.6 Å². The molecule has 0 aliphatic carbocycles. The molecule has 0 bridgehead atoms. The van der Waals surface area contributed by atoms with Crippen molar-refractivity contribution in [3.8, 4) is 0 Å². The van der Waals surface area contributed by atoms with Gasteiger partial charge < -0.3 is 10.6 Å². The Balaban J connectivity index is 0.00000162. The fourth-order valence-electron chi connectivity index (χ4n) is 2.11. The second kappa shape index (κ2) is 6.98. The van der Waals surface area contributed by atoms with Crippen LogP contribution in [0.3, 0.4) is 0 Å². The van der Waals surface area contributed by atoms with E-state index in [9.17, 15) is 4.79 Å². The largest absolute Gasteiger partial charge is 0.348 e. The van der Waals surface area contributed by atoms with Crippen molar-refractivity contribution < 1.29 is 4.79 Å². The number of benzene rings is 1. The average molecular weight is 289 g/mol. The highest BCUT2D eigenvalue weighted by molar-refractivity contribution is 6.31. The van der Waals surface area contributed by atoms with Crippen LogP contribution in [0.15, 0.2) is 18.2 Å². The van der Waals surface area contributed by atoms with Gasteiger partial charge in [-0.3, -0.25) is 4.79 Å². The van der Waals surface area contributed by atoms with E-state index in [4.69, 9.17) is 11.6 Å². The minimum Gasteiger partial charge on any atom is -0.348 e. The van der Waals surface area contributed by atoms with E-state index >= 15 is 0 Å². The standard InChI is InChI=1S/C13H17ClN2O.ClH/c1-9-5-10(7-11(14)6-9)13(17)16-12-3-2-4-15-8-12;/h5-7,12,15H,2-4,8H2,1H3,(H,16,17);1H. The van der Waals surface area contributed by atoms with Gasteiger partial charge in [-0.2, -0.15) is 0 Å². The van der Waals surface area contributed by atoms with Gasteiger partial charge in [0.15, 0.2) is 0 Å². The van der Waals surface area contributed by atoms with E-state index in [-0.39, 0.29) is 24.4 Å². The maximum absolute atomic E-state index is 12.0. The number of carbonyl (C=O) groups is 1. The molecule has 0 aromatic heterocycles. The van der Waals surface area contributed by atoms with Gasteiger partial charge >= 0.3 is 0 Å². The topological polar surface area (TPSA) is 41.1 Å². The molecule has 18 heavy (non-hydrogen) atoms. The molecule has 1 aromatic carbocycles. The van der Waals surface area contributed by atoms with Gasteiger partial charge in [0.25, 0.3) is 5.91 Å². The van der Waals surface area contributed by atoms with E-state index in [1.165, 1.54) is 0 Å². The summed E-state index contributed by atoms with van der Waals surface area (Å²) < 4.78 is 0. The first-order chi connectivity index (χ1) is 8.15. The lowest BCUT2D eigenvalue weighted by Gasteiger charge is -2.23. The van der Waals surface area contributed by atoms with Crippen LogP contribution in [-0.2, 0) is 0 Å². The molecule has 1 aliphatic rings. The zero-order chi connectivity index (χ0) is 12.3. The van der Waals surface area contributed by atoms with Crippen LogP contribution in [-0.4, -0.2) is 25.0 Å². The molecule has 0 spiro atoms. The van der Waals surface area contributed by atoms with E-state index in [1.807, 2.05) is 19.1 Å². The van der Waals surface area contributed by atoms with E-state index in [0.717, 1.165) is 31.5 Å². The minimum absolute atomic E-state index is 0. The molecule has 1 aliphatic heterocycles. The zero-order valence-electron chi connectivity index (χ0n) is 10.3. The number of carbonyl (C=O) groups excluding carboxylic acids is 1. The van der Waals surface area contributed by atoms with Crippen molar-refractivity contribution in [1.29, 1.82) is 0 Å². The molecule has 0 radical (unpaired) electrons. The fraction of sp³-hybridized carbons (Fsp3) is 0.462. The lowest BCUT2D eigenvalue weighted by atomic mass is 10.1. The molecule has 1 unspecified atom stereocenters. The minimum atomic E-state index is -0.0377. The number of amides is 1. The van der Waals surface area contributed by atoms with Crippen LogP contribution in [0.5, 0.6) is 0 Å². The average Bonchev–Trinajstić information content (AvgIpc) is 2.29. The first-order valence-electron chi connectivity index (χ1n) is 5.94. The second-order valence-electron chi connectivity index (χ2n) is 4.53. The first kappa shape index (κ1) is 15.3. The lowest BCUT2D eigenvalue weighted by Crippen LogP contribution is -2.45.